The van der Waals surface area contributed by atoms with Gasteiger partial charge in [-0.3, -0.25) is 4.79 Å². The van der Waals surface area contributed by atoms with Crippen LogP contribution in [0.1, 0.15) is 18.5 Å². The molecule has 2 aromatic rings. The summed E-state index contributed by atoms with van der Waals surface area (Å²) in [4.78, 5) is 25.3. The Morgan fingerprint density at radius 3 is 2.28 bits per heavy atom. The number of amides is 3. The van der Waals surface area contributed by atoms with Crippen molar-refractivity contribution in [1.82, 2.24) is 10.6 Å². The second-order valence-corrected chi connectivity index (χ2v) is 6.37. The molecular formula is C21H23N3O5. The maximum atomic E-state index is 13.2. The molecule has 0 spiro atoms. The van der Waals surface area contributed by atoms with E-state index >= 15 is 0 Å². The van der Waals surface area contributed by atoms with E-state index in [4.69, 9.17) is 14.2 Å². The lowest BCUT2D eigenvalue weighted by atomic mass is 9.94. The Kier molecular flexibility index (Phi) is 5.92. The SMILES string of the molecule is COc1cc(OC)cc([C@H]2NC(=O)NC(C)=C2C(=O)Nc2ccccc2OC)c1. The molecule has 0 aliphatic carbocycles. The highest BCUT2D eigenvalue weighted by Gasteiger charge is 2.32. The largest absolute Gasteiger partial charge is 0.497 e. The number of carbonyl (C=O) groups excluding carboxylic acids is 2. The number of para-hydroxylation sites is 2. The average molecular weight is 397 g/mol. The first kappa shape index (κ1) is 20.1. The minimum Gasteiger partial charge on any atom is -0.497 e. The van der Waals surface area contributed by atoms with Crippen LogP contribution in [0.3, 0.4) is 0 Å². The van der Waals surface area contributed by atoms with Gasteiger partial charge in [-0.15, -0.1) is 0 Å². The molecule has 1 aliphatic rings. The molecule has 0 bridgehead atoms. The predicted octanol–water partition coefficient (Wildman–Crippen LogP) is 2.98. The highest BCUT2D eigenvalue weighted by atomic mass is 16.5. The Hall–Kier alpha value is -3.68. The number of anilines is 1. The summed E-state index contributed by atoms with van der Waals surface area (Å²) in [6.07, 6.45) is 0. The maximum absolute atomic E-state index is 13.2. The molecule has 0 unspecified atom stereocenters. The summed E-state index contributed by atoms with van der Waals surface area (Å²) in [7, 11) is 4.61. The molecule has 8 heteroatoms. The van der Waals surface area contributed by atoms with Gasteiger partial charge >= 0.3 is 6.03 Å². The Morgan fingerprint density at radius 2 is 1.66 bits per heavy atom. The minimum absolute atomic E-state index is 0.366. The smallest absolute Gasteiger partial charge is 0.319 e. The summed E-state index contributed by atoms with van der Waals surface area (Å²) in [5, 5.41) is 8.31. The molecule has 3 rings (SSSR count). The number of allylic oxidation sites excluding steroid dienone is 1. The second-order valence-electron chi connectivity index (χ2n) is 6.37. The summed E-state index contributed by atoms with van der Waals surface area (Å²) < 4.78 is 15.9. The highest BCUT2D eigenvalue weighted by Crippen LogP contribution is 2.33. The van der Waals surface area contributed by atoms with Crippen LogP contribution < -0.4 is 30.2 Å². The molecule has 29 heavy (non-hydrogen) atoms. The van der Waals surface area contributed by atoms with Crippen LogP contribution in [0, 0.1) is 0 Å². The fourth-order valence-electron chi connectivity index (χ4n) is 3.18. The topological polar surface area (TPSA) is 97.9 Å². The second kappa shape index (κ2) is 8.55. The summed E-state index contributed by atoms with van der Waals surface area (Å²) in [5.41, 5.74) is 2.00. The number of ether oxygens (including phenoxy) is 3. The number of urea groups is 1. The maximum Gasteiger partial charge on any atom is 0.319 e. The van der Waals surface area contributed by atoms with E-state index < -0.39 is 12.1 Å². The predicted molar refractivity (Wildman–Crippen MR) is 108 cm³/mol. The van der Waals surface area contributed by atoms with Crippen LogP contribution in [-0.2, 0) is 4.79 Å². The Bertz CT molecular complexity index is 948. The number of methoxy groups -OCH3 is 3. The van der Waals surface area contributed by atoms with Crippen LogP contribution in [0.2, 0.25) is 0 Å². The minimum atomic E-state index is -0.692. The fraction of sp³-hybridized carbons (Fsp3) is 0.238. The molecular weight excluding hydrogens is 374 g/mol. The number of nitrogens with one attached hydrogen (secondary N) is 3. The first-order valence-corrected chi connectivity index (χ1v) is 8.92. The molecule has 0 saturated heterocycles. The number of benzene rings is 2. The van der Waals surface area contributed by atoms with Crippen molar-refractivity contribution in [3.8, 4) is 17.2 Å². The normalized spacial score (nSPS) is 15.9. The van der Waals surface area contributed by atoms with Crippen LogP contribution in [-0.4, -0.2) is 33.3 Å². The lowest BCUT2D eigenvalue weighted by Crippen LogP contribution is -2.46. The molecule has 152 valence electrons. The molecule has 2 aromatic carbocycles. The van der Waals surface area contributed by atoms with E-state index in [2.05, 4.69) is 16.0 Å². The molecule has 1 aliphatic heterocycles. The van der Waals surface area contributed by atoms with Gasteiger partial charge in [0, 0.05) is 11.8 Å². The Balaban J connectivity index is 2.01. The van der Waals surface area contributed by atoms with E-state index in [0.29, 0.717) is 39.8 Å². The number of rotatable bonds is 6. The van der Waals surface area contributed by atoms with E-state index in [-0.39, 0.29) is 5.91 Å². The van der Waals surface area contributed by atoms with Gasteiger partial charge < -0.3 is 30.2 Å². The van der Waals surface area contributed by atoms with Crippen LogP contribution >= 0.6 is 0 Å². The van der Waals surface area contributed by atoms with Crippen LogP contribution in [0.5, 0.6) is 17.2 Å². The number of carbonyl (C=O) groups is 2. The molecule has 3 amide bonds. The molecule has 1 atom stereocenters. The lowest BCUT2D eigenvalue weighted by Gasteiger charge is -2.29. The first-order chi connectivity index (χ1) is 14.0. The first-order valence-electron chi connectivity index (χ1n) is 8.92. The molecule has 0 radical (unpaired) electrons. The van der Waals surface area contributed by atoms with E-state index in [1.54, 1.807) is 43.3 Å². The average Bonchev–Trinajstić information content (AvgIpc) is 2.72. The van der Waals surface area contributed by atoms with Crippen molar-refractivity contribution < 1.29 is 23.8 Å². The zero-order valence-corrected chi connectivity index (χ0v) is 16.7. The monoisotopic (exact) mass is 397 g/mol. The lowest BCUT2D eigenvalue weighted by molar-refractivity contribution is -0.113. The standard InChI is InChI=1S/C21H23N3O5/c1-12-18(20(25)23-16-7-5-6-8-17(16)29-4)19(24-21(26)22-12)13-9-14(27-2)11-15(10-13)28-3/h5-11,19H,1-4H3,(H,23,25)(H2,22,24,26)/t19-/m1/s1. The van der Waals surface area contributed by atoms with Crippen molar-refractivity contribution in [1.29, 1.82) is 0 Å². The summed E-state index contributed by atoms with van der Waals surface area (Å²) in [6.45, 7) is 1.68. The van der Waals surface area contributed by atoms with Crippen molar-refractivity contribution in [2.24, 2.45) is 0 Å². The van der Waals surface area contributed by atoms with E-state index in [1.165, 1.54) is 21.3 Å². The van der Waals surface area contributed by atoms with Crippen LogP contribution in [0.4, 0.5) is 10.5 Å². The van der Waals surface area contributed by atoms with Crippen LogP contribution in [0.25, 0.3) is 0 Å². The third-order valence-electron chi connectivity index (χ3n) is 4.58. The number of hydrogen-bond donors (Lipinski definition) is 3. The molecule has 3 N–H and O–H groups in total. The van der Waals surface area contributed by atoms with Gasteiger partial charge in [0.2, 0.25) is 0 Å². The van der Waals surface area contributed by atoms with Gasteiger partial charge in [-0.1, -0.05) is 12.1 Å². The van der Waals surface area contributed by atoms with Gasteiger partial charge in [0.15, 0.2) is 0 Å². The van der Waals surface area contributed by atoms with E-state index in [0.717, 1.165) is 0 Å². The van der Waals surface area contributed by atoms with Gasteiger partial charge in [0.05, 0.1) is 38.6 Å². The Morgan fingerprint density at radius 1 is 1.00 bits per heavy atom. The number of hydrogen-bond acceptors (Lipinski definition) is 5. The molecule has 0 aromatic heterocycles. The van der Waals surface area contributed by atoms with E-state index in [9.17, 15) is 9.59 Å². The third kappa shape index (κ3) is 4.26. The van der Waals surface area contributed by atoms with Gasteiger partial charge in [0.25, 0.3) is 5.91 Å². The summed E-state index contributed by atoms with van der Waals surface area (Å²) >= 11 is 0. The van der Waals surface area contributed by atoms with Crippen LogP contribution in [0.15, 0.2) is 53.7 Å². The fourth-order valence-corrected chi connectivity index (χ4v) is 3.18. The van der Waals surface area contributed by atoms with Crippen molar-refractivity contribution in [3.05, 3.63) is 59.3 Å². The molecule has 0 saturated carbocycles. The van der Waals surface area contributed by atoms with Crippen molar-refractivity contribution in [2.45, 2.75) is 13.0 Å². The quantitative estimate of drug-likeness (QED) is 0.696. The van der Waals surface area contributed by atoms with Crippen molar-refractivity contribution >= 4 is 17.6 Å². The third-order valence-corrected chi connectivity index (χ3v) is 4.58. The molecule has 8 nitrogen and oxygen atoms in total. The summed E-state index contributed by atoms with van der Waals surface area (Å²) in [6, 6.07) is 11.2. The molecule has 1 heterocycles. The zero-order valence-electron chi connectivity index (χ0n) is 16.7. The van der Waals surface area contributed by atoms with Gasteiger partial charge in [-0.05, 0) is 36.8 Å². The van der Waals surface area contributed by atoms with Crippen molar-refractivity contribution in [3.63, 3.8) is 0 Å². The van der Waals surface area contributed by atoms with E-state index in [1.807, 2.05) is 6.07 Å². The van der Waals surface area contributed by atoms with Gasteiger partial charge in [-0.2, -0.15) is 0 Å². The molecule has 0 fully saturated rings. The summed E-state index contributed by atoms with van der Waals surface area (Å²) in [5.74, 6) is 1.27. The van der Waals surface area contributed by atoms with Gasteiger partial charge in [0.1, 0.15) is 17.2 Å². The Labute approximate surface area is 168 Å². The van der Waals surface area contributed by atoms with Crippen molar-refractivity contribution in [2.75, 3.05) is 26.6 Å². The zero-order chi connectivity index (χ0) is 21.0. The van der Waals surface area contributed by atoms with Gasteiger partial charge in [-0.25, -0.2) is 4.79 Å². The highest BCUT2D eigenvalue weighted by molar-refractivity contribution is 6.07.